The first-order valence-electron chi connectivity index (χ1n) is 7.88. The molecule has 0 bridgehead atoms. The van der Waals surface area contributed by atoms with Crippen LogP contribution in [0.25, 0.3) is 0 Å². The van der Waals surface area contributed by atoms with Gasteiger partial charge in [-0.1, -0.05) is 52.3 Å². The molecule has 20 heavy (non-hydrogen) atoms. The van der Waals surface area contributed by atoms with Crippen molar-refractivity contribution in [2.24, 2.45) is 11.8 Å². The molecular weight excluding hydrogens is 246 g/mol. The van der Waals surface area contributed by atoms with Crippen molar-refractivity contribution in [2.45, 2.75) is 53.0 Å². The van der Waals surface area contributed by atoms with E-state index in [4.69, 9.17) is 4.74 Å². The van der Waals surface area contributed by atoms with Gasteiger partial charge in [0, 0.05) is 6.04 Å². The van der Waals surface area contributed by atoms with Crippen LogP contribution >= 0.6 is 0 Å². The predicted molar refractivity (Wildman–Crippen MR) is 87.4 cm³/mol. The first-order valence-corrected chi connectivity index (χ1v) is 7.88. The van der Waals surface area contributed by atoms with Gasteiger partial charge in [-0.05, 0) is 42.9 Å². The molecule has 1 N–H and O–H groups in total. The minimum Gasteiger partial charge on any atom is -0.496 e. The number of nitrogens with one attached hydrogen (secondary N) is 1. The predicted octanol–water partition coefficient (Wildman–Crippen LogP) is 4.29. The molecule has 0 aliphatic carbocycles. The summed E-state index contributed by atoms with van der Waals surface area (Å²) in [6.45, 7) is 10.1. The van der Waals surface area contributed by atoms with Crippen LogP contribution in [0.15, 0.2) is 24.3 Å². The molecule has 1 aromatic rings. The third-order valence-electron chi connectivity index (χ3n) is 3.67. The summed E-state index contributed by atoms with van der Waals surface area (Å²) in [6, 6.07) is 8.95. The van der Waals surface area contributed by atoms with Gasteiger partial charge in [-0.25, -0.2) is 0 Å². The molecule has 1 rings (SSSR count). The summed E-state index contributed by atoms with van der Waals surface area (Å²) in [5.74, 6) is 2.47. The lowest BCUT2D eigenvalue weighted by atomic mass is 9.91. The molecule has 114 valence electrons. The van der Waals surface area contributed by atoms with Crippen molar-refractivity contribution in [2.75, 3.05) is 13.7 Å². The number of rotatable bonds is 9. The molecule has 0 saturated heterocycles. The van der Waals surface area contributed by atoms with E-state index >= 15 is 0 Å². The molecule has 0 fully saturated rings. The molecule has 0 radical (unpaired) electrons. The largest absolute Gasteiger partial charge is 0.496 e. The SMILES string of the molecule is COc1ccccc1CC(CCC(C)C)CNC(C)C. The minimum absolute atomic E-state index is 0.550. The Balaban J connectivity index is 2.66. The summed E-state index contributed by atoms with van der Waals surface area (Å²) in [5, 5.41) is 3.59. The van der Waals surface area contributed by atoms with Gasteiger partial charge >= 0.3 is 0 Å². The number of benzene rings is 1. The Morgan fingerprint density at radius 1 is 1.05 bits per heavy atom. The number of ether oxygens (including phenoxy) is 1. The molecule has 0 spiro atoms. The molecule has 0 amide bonds. The van der Waals surface area contributed by atoms with E-state index in [1.54, 1.807) is 7.11 Å². The summed E-state index contributed by atoms with van der Waals surface area (Å²) < 4.78 is 5.48. The molecule has 1 atom stereocenters. The highest BCUT2D eigenvalue weighted by Crippen LogP contribution is 2.23. The van der Waals surface area contributed by atoms with Crippen LogP contribution < -0.4 is 10.1 Å². The zero-order valence-corrected chi connectivity index (χ0v) is 13.8. The lowest BCUT2D eigenvalue weighted by molar-refractivity contribution is 0.372. The van der Waals surface area contributed by atoms with Gasteiger partial charge in [-0.2, -0.15) is 0 Å². The number of para-hydroxylation sites is 1. The Hall–Kier alpha value is -1.02. The second-order valence-electron chi connectivity index (χ2n) is 6.42. The highest BCUT2D eigenvalue weighted by atomic mass is 16.5. The van der Waals surface area contributed by atoms with Gasteiger partial charge in [0.05, 0.1) is 7.11 Å². The maximum Gasteiger partial charge on any atom is 0.122 e. The average Bonchev–Trinajstić information content (AvgIpc) is 2.42. The van der Waals surface area contributed by atoms with Crippen molar-refractivity contribution in [1.82, 2.24) is 5.32 Å². The summed E-state index contributed by atoms with van der Waals surface area (Å²) in [6.07, 6.45) is 3.66. The van der Waals surface area contributed by atoms with Crippen LogP contribution in [0, 0.1) is 11.8 Å². The molecule has 1 unspecified atom stereocenters. The standard InChI is InChI=1S/C18H31NO/c1-14(2)10-11-16(13-19-15(3)4)12-17-8-6-7-9-18(17)20-5/h6-9,14-16,19H,10-13H2,1-5H3. The van der Waals surface area contributed by atoms with E-state index in [-0.39, 0.29) is 0 Å². The molecule has 1 aromatic carbocycles. The summed E-state index contributed by atoms with van der Waals surface area (Å²) >= 11 is 0. The molecule has 0 aliphatic rings. The van der Waals surface area contributed by atoms with Crippen molar-refractivity contribution in [1.29, 1.82) is 0 Å². The Labute approximate surface area is 124 Å². The fourth-order valence-corrected chi connectivity index (χ4v) is 2.43. The molecule has 0 aromatic heterocycles. The van der Waals surface area contributed by atoms with Gasteiger partial charge in [-0.15, -0.1) is 0 Å². The van der Waals surface area contributed by atoms with Crippen molar-refractivity contribution < 1.29 is 4.74 Å². The zero-order chi connectivity index (χ0) is 15.0. The van der Waals surface area contributed by atoms with Gasteiger partial charge in [-0.3, -0.25) is 0 Å². The third-order valence-corrected chi connectivity index (χ3v) is 3.67. The number of methoxy groups -OCH3 is 1. The lowest BCUT2D eigenvalue weighted by Crippen LogP contribution is -2.30. The fraction of sp³-hybridized carbons (Fsp3) is 0.667. The van der Waals surface area contributed by atoms with Gasteiger partial charge in [0.2, 0.25) is 0 Å². The van der Waals surface area contributed by atoms with Crippen LogP contribution in [0.4, 0.5) is 0 Å². The maximum atomic E-state index is 5.48. The van der Waals surface area contributed by atoms with Crippen molar-refractivity contribution in [3.63, 3.8) is 0 Å². The third kappa shape index (κ3) is 6.42. The highest BCUT2D eigenvalue weighted by molar-refractivity contribution is 5.33. The van der Waals surface area contributed by atoms with Crippen LogP contribution in [-0.2, 0) is 6.42 Å². The van der Waals surface area contributed by atoms with Gasteiger partial charge in [0.1, 0.15) is 5.75 Å². The van der Waals surface area contributed by atoms with E-state index in [1.165, 1.54) is 18.4 Å². The van der Waals surface area contributed by atoms with Crippen LogP contribution in [-0.4, -0.2) is 19.7 Å². The summed E-state index contributed by atoms with van der Waals surface area (Å²) in [4.78, 5) is 0. The first kappa shape index (κ1) is 17.0. The Kier molecular flexibility index (Phi) is 7.68. The fourth-order valence-electron chi connectivity index (χ4n) is 2.43. The second-order valence-corrected chi connectivity index (χ2v) is 6.42. The molecular formula is C18H31NO. The van der Waals surface area contributed by atoms with E-state index in [9.17, 15) is 0 Å². The topological polar surface area (TPSA) is 21.3 Å². The Morgan fingerprint density at radius 2 is 1.75 bits per heavy atom. The Bertz CT molecular complexity index is 361. The van der Waals surface area contributed by atoms with Crippen molar-refractivity contribution in [3.8, 4) is 5.75 Å². The minimum atomic E-state index is 0.550. The molecule has 0 heterocycles. The van der Waals surface area contributed by atoms with Crippen LogP contribution in [0.3, 0.4) is 0 Å². The van der Waals surface area contributed by atoms with Gasteiger partial charge < -0.3 is 10.1 Å². The average molecular weight is 277 g/mol. The van der Waals surface area contributed by atoms with Crippen LogP contribution in [0.1, 0.15) is 46.1 Å². The van der Waals surface area contributed by atoms with Gasteiger partial charge in [0.25, 0.3) is 0 Å². The highest BCUT2D eigenvalue weighted by Gasteiger charge is 2.13. The van der Waals surface area contributed by atoms with E-state index in [0.29, 0.717) is 12.0 Å². The van der Waals surface area contributed by atoms with Gasteiger partial charge in [0.15, 0.2) is 0 Å². The van der Waals surface area contributed by atoms with E-state index < -0.39 is 0 Å². The van der Waals surface area contributed by atoms with Crippen molar-refractivity contribution in [3.05, 3.63) is 29.8 Å². The molecule has 0 saturated carbocycles. The summed E-state index contributed by atoms with van der Waals surface area (Å²) in [7, 11) is 1.76. The zero-order valence-electron chi connectivity index (χ0n) is 13.8. The quantitative estimate of drug-likeness (QED) is 0.727. The van der Waals surface area contributed by atoms with E-state index in [2.05, 4.69) is 51.2 Å². The Morgan fingerprint density at radius 3 is 2.35 bits per heavy atom. The lowest BCUT2D eigenvalue weighted by Gasteiger charge is -2.21. The molecule has 2 nitrogen and oxygen atoms in total. The number of hydrogen-bond donors (Lipinski definition) is 1. The first-order chi connectivity index (χ1) is 9.52. The van der Waals surface area contributed by atoms with Crippen molar-refractivity contribution >= 4 is 0 Å². The normalized spacial score (nSPS) is 12.9. The van der Waals surface area contributed by atoms with Crippen LogP contribution in [0.5, 0.6) is 5.75 Å². The van der Waals surface area contributed by atoms with E-state index in [0.717, 1.165) is 24.6 Å². The maximum absolute atomic E-state index is 5.48. The van der Waals surface area contributed by atoms with Crippen LogP contribution in [0.2, 0.25) is 0 Å². The summed E-state index contributed by atoms with van der Waals surface area (Å²) in [5.41, 5.74) is 1.33. The second kappa shape index (κ2) is 9.02. The molecule has 2 heteroatoms. The van der Waals surface area contributed by atoms with E-state index in [1.807, 2.05) is 6.07 Å². The monoisotopic (exact) mass is 277 g/mol. The molecule has 0 aliphatic heterocycles. The smallest absolute Gasteiger partial charge is 0.122 e. The number of hydrogen-bond acceptors (Lipinski definition) is 2.